The Labute approximate surface area is 382 Å². The van der Waals surface area contributed by atoms with Gasteiger partial charge < -0.3 is 0 Å². The van der Waals surface area contributed by atoms with E-state index in [0.717, 1.165) is 18.7 Å². The van der Waals surface area contributed by atoms with Crippen molar-refractivity contribution in [3.8, 4) is 44.5 Å². The van der Waals surface area contributed by atoms with E-state index in [0.29, 0.717) is 0 Å². The van der Waals surface area contributed by atoms with Crippen molar-refractivity contribution in [2.45, 2.75) is 91.7 Å². The summed E-state index contributed by atoms with van der Waals surface area (Å²) in [4.78, 5) is 12.2. The van der Waals surface area contributed by atoms with Crippen molar-refractivity contribution in [3.05, 3.63) is 209 Å². The van der Waals surface area contributed by atoms with Gasteiger partial charge in [0.15, 0.2) is 0 Å². The topological polar surface area (TPSA) is 24.7 Å². The van der Waals surface area contributed by atoms with Gasteiger partial charge in [0.25, 0.3) is 0 Å². The highest BCUT2D eigenvalue weighted by Crippen LogP contribution is 2.60. The molecule has 0 radical (unpaired) electrons. The van der Waals surface area contributed by atoms with E-state index in [2.05, 4.69) is 184 Å². The lowest BCUT2D eigenvalue weighted by molar-refractivity contribution is 0.353. The first-order valence-corrected chi connectivity index (χ1v) is 24.6. The van der Waals surface area contributed by atoms with Crippen molar-refractivity contribution >= 4 is 23.3 Å². The maximum Gasteiger partial charge on any atom is 0.131 e. The van der Waals surface area contributed by atoms with Crippen molar-refractivity contribution in [3.63, 3.8) is 0 Å². The van der Waals surface area contributed by atoms with Gasteiger partial charge in [0.2, 0.25) is 0 Å². The second kappa shape index (κ2) is 14.8. The van der Waals surface area contributed by atoms with Crippen LogP contribution in [0.1, 0.15) is 104 Å². The van der Waals surface area contributed by atoms with Gasteiger partial charge >= 0.3 is 0 Å². The molecule has 312 valence electrons. The first-order chi connectivity index (χ1) is 31.4. The number of aliphatic imine (C=N–C) groups is 2. The minimum Gasteiger partial charge on any atom is -0.261 e. The average molecular weight is 845 g/mol. The monoisotopic (exact) mass is 844 g/mol. The number of hydrogen-bond acceptors (Lipinski definition) is 3. The first kappa shape index (κ1) is 38.4. The van der Waals surface area contributed by atoms with Crippen LogP contribution < -0.4 is 0 Å². The molecule has 6 aromatic carbocycles. The van der Waals surface area contributed by atoms with Crippen molar-refractivity contribution in [2.24, 2.45) is 15.9 Å². The molecule has 13 rings (SSSR count). The normalized spacial score (nSPS) is 23.6. The summed E-state index contributed by atoms with van der Waals surface area (Å²) in [5.74, 6) is 1.43. The smallest absolute Gasteiger partial charge is 0.131 e. The van der Waals surface area contributed by atoms with Gasteiger partial charge in [-0.05, 0) is 133 Å². The Morgan fingerprint density at radius 2 is 1.33 bits per heavy atom. The minimum absolute atomic E-state index is 0.0248. The van der Waals surface area contributed by atoms with E-state index in [1.54, 1.807) is 11.1 Å². The zero-order valence-electron chi connectivity index (χ0n) is 36.7. The molecular weight excluding hydrogens is 793 g/mol. The van der Waals surface area contributed by atoms with Crippen LogP contribution in [0, 0.1) is 5.92 Å². The molecule has 4 atom stereocenters. The molecule has 0 saturated heterocycles. The largest absolute Gasteiger partial charge is 0.261 e. The van der Waals surface area contributed by atoms with E-state index >= 15 is 0 Å². The maximum atomic E-state index is 5.45. The molecule has 6 aromatic rings. The zero-order valence-corrected chi connectivity index (χ0v) is 37.5. The summed E-state index contributed by atoms with van der Waals surface area (Å²) in [6.07, 6.45) is 24.1. The molecule has 2 heterocycles. The summed E-state index contributed by atoms with van der Waals surface area (Å²) in [6.45, 7) is 4.87. The van der Waals surface area contributed by atoms with Crippen LogP contribution in [0.5, 0.6) is 0 Å². The Kier molecular flexibility index (Phi) is 8.86. The third-order valence-corrected chi connectivity index (χ3v) is 17.4. The summed E-state index contributed by atoms with van der Waals surface area (Å²) >= 11 is 2.02. The van der Waals surface area contributed by atoms with Crippen molar-refractivity contribution in [2.75, 3.05) is 0 Å². The van der Waals surface area contributed by atoms with Crippen molar-refractivity contribution in [1.29, 1.82) is 0 Å². The zero-order chi connectivity index (χ0) is 42.6. The second-order valence-corrected chi connectivity index (χ2v) is 20.9. The van der Waals surface area contributed by atoms with Crippen LogP contribution in [-0.4, -0.2) is 16.8 Å². The van der Waals surface area contributed by atoms with Crippen molar-refractivity contribution in [1.82, 2.24) is 0 Å². The van der Waals surface area contributed by atoms with Gasteiger partial charge in [-0.2, -0.15) is 0 Å². The van der Waals surface area contributed by atoms with E-state index in [1.165, 1.54) is 115 Å². The number of thioether (sulfide) groups is 1. The average Bonchev–Trinajstić information content (AvgIpc) is 3.94. The molecule has 1 fully saturated rings. The Morgan fingerprint density at radius 1 is 0.594 bits per heavy atom. The summed E-state index contributed by atoms with van der Waals surface area (Å²) in [7, 11) is 0. The third kappa shape index (κ3) is 5.92. The summed E-state index contributed by atoms with van der Waals surface area (Å²) in [6, 6.07) is 48.9. The van der Waals surface area contributed by atoms with Crippen LogP contribution in [-0.2, 0) is 10.8 Å². The number of benzene rings is 6. The molecule has 64 heavy (non-hydrogen) atoms. The molecule has 0 N–H and O–H groups in total. The van der Waals surface area contributed by atoms with Crippen molar-refractivity contribution < 1.29 is 0 Å². The van der Waals surface area contributed by atoms with Crippen LogP contribution in [0.4, 0.5) is 0 Å². The molecular formula is C61H52N2S. The number of nitrogens with zero attached hydrogens (tertiary/aromatic N) is 2. The van der Waals surface area contributed by atoms with Gasteiger partial charge in [-0.1, -0.05) is 173 Å². The Morgan fingerprint density at radius 3 is 2.17 bits per heavy atom. The molecule has 2 aliphatic heterocycles. The number of hydrogen-bond donors (Lipinski definition) is 0. The van der Waals surface area contributed by atoms with E-state index in [9.17, 15) is 0 Å². The predicted molar refractivity (Wildman–Crippen MR) is 269 cm³/mol. The lowest BCUT2D eigenvalue weighted by Crippen LogP contribution is -2.28. The fourth-order valence-electron chi connectivity index (χ4n) is 12.6. The van der Waals surface area contributed by atoms with Crippen LogP contribution >= 0.6 is 11.8 Å². The lowest BCUT2D eigenvalue weighted by atomic mass is 9.67. The SMILES string of the molecule is CC1(C)c2ccc(-c3ccc4c(c3)C3C=CC=C(C5=NC(C6C=CC=CC6)=NC(c6ccc(-c7ccccc7)cc6)C5)C3S4)cc2-c2cc3c(cc21)-c1ccccc1C31CCCCC1. The predicted octanol–water partition coefficient (Wildman–Crippen LogP) is 15.7. The Bertz CT molecular complexity index is 3090. The molecule has 1 spiro atoms. The van der Waals surface area contributed by atoms with E-state index < -0.39 is 0 Å². The molecule has 3 heteroatoms. The fraction of sp³-hybridized carbons (Fsp3) is 0.246. The molecule has 0 aromatic heterocycles. The lowest BCUT2D eigenvalue weighted by Gasteiger charge is -2.36. The van der Waals surface area contributed by atoms with Gasteiger partial charge in [-0.25, -0.2) is 4.99 Å². The Balaban J connectivity index is 0.822. The summed E-state index contributed by atoms with van der Waals surface area (Å²) < 4.78 is 0. The van der Waals surface area contributed by atoms with Gasteiger partial charge in [0, 0.05) is 44.9 Å². The van der Waals surface area contributed by atoms with Gasteiger partial charge in [-0.3, -0.25) is 4.99 Å². The summed E-state index contributed by atoms with van der Waals surface area (Å²) in [5.41, 5.74) is 22.3. The Hall–Kier alpha value is -6.03. The highest BCUT2D eigenvalue weighted by Gasteiger charge is 2.46. The number of rotatable bonds is 5. The first-order valence-electron chi connectivity index (χ1n) is 23.7. The van der Waals surface area contributed by atoms with E-state index in [1.807, 2.05) is 11.8 Å². The van der Waals surface area contributed by atoms with Crippen LogP contribution in [0.15, 0.2) is 190 Å². The summed E-state index contributed by atoms with van der Waals surface area (Å²) in [5, 5.41) is 0.280. The third-order valence-electron chi connectivity index (χ3n) is 15.9. The number of fused-ring (bicyclic) bond motifs is 11. The van der Waals surface area contributed by atoms with Crippen LogP contribution in [0.25, 0.3) is 44.5 Å². The van der Waals surface area contributed by atoms with Crippen LogP contribution in [0.2, 0.25) is 0 Å². The molecule has 4 unspecified atom stereocenters. The quantitative estimate of drug-likeness (QED) is 0.170. The maximum absolute atomic E-state index is 5.45. The van der Waals surface area contributed by atoms with Gasteiger partial charge in [0.1, 0.15) is 5.84 Å². The van der Waals surface area contributed by atoms with Gasteiger partial charge in [-0.15, -0.1) is 11.8 Å². The minimum atomic E-state index is -0.0616. The second-order valence-electron chi connectivity index (χ2n) is 19.7. The van der Waals surface area contributed by atoms with E-state index in [4.69, 9.17) is 9.98 Å². The highest BCUT2D eigenvalue weighted by molar-refractivity contribution is 8.00. The molecule has 0 bridgehead atoms. The molecule has 1 saturated carbocycles. The van der Waals surface area contributed by atoms with E-state index in [-0.39, 0.29) is 34.0 Å². The highest BCUT2D eigenvalue weighted by atomic mass is 32.2. The van der Waals surface area contributed by atoms with Gasteiger partial charge in [0.05, 0.1) is 6.04 Å². The molecule has 2 nitrogen and oxygen atoms in total. The standard InChI is InChI=1S/C61H52N2S/c1-60(2)51-29-27-42(33-47(51)49-36-54-48(35-53(49)60)44-19-10-11-22-52(44)61(54)31-12-5-13-32-61)43-28-30-57-50(34-43)45-20-14-21-46(58(45)64-57)56-37-55(62-59(63-56)41-17-8-4-9-18-41)40-25-23-39(24-26-40)38-15-6-3-7-16-38/h3-4,6-11,14-17,19-30,33-36,41,45,55,58H,5,12-13,18,31-32,37H2,1-2H3. The fourth-order valence-corrected chi connectivity index (χ4v) is 14.1. The molecule has 5 aliphatic carbocycles. The number of allylic oxidation sites excluding steroid dienone is 6. The molecule has 7 aliphatic rings. The molecule has 0 amide bonds. The van der Waals surface area contributed by atoms with Crippen LogP contribution in [0.3, 0.4) is 0 Å². The number of amidine groups is 1.